The third kappa shape index (κ3) is 5.33. The van der Waals surface area contributed by atoms with Crippen LogP contribution in [0.2, 0.25) is 0 Å². The number of hydrogen-bond acceptors (Lipinski definition) is 5. The van der Waals surface area contributed by atoms with Gasteiger partial charge in [-0.1, -0.05) is 19.1 Å². The van der Waals surface area contributed by atoms with Gasteiger partial charge < -0.3 is 20.3 Å². The highest BCUT2D eigenvalue weighted by Gasteiger charge is 2.27. The van der Waals surface area contributed by atoms with Crippen molar-refractivity contribution in [2.24, 2.45) is 0 Å². The molecule has 0 atom stereocenters. The summed E-state index contributed by atoms with van der Waals surface area (Å²) >= 11 is 6.63. The lowest BCUT2D eigenvalue weighted by Gasteiger charge is -2.17. The first-order chi connectivity index (χ1) is 13.9. The number of esters is 1. The van der Waals surface area contributed by atoms with Gasteiger partial charge in [-0.05, 0) is 62.7 Å². The molecular formula is C21H27N3O3S2. The lowest BCUT2D eigenvalue weighted by Crippen LogP contribution is -2.30. The van der Waals surface area contributed by atoms with Crippen LogP contribution in [-0.2, 0) is 11.2 Å². The van der Waals surface area contributed by atoms with E-state index in [1.807, 2.05) is 38.1 Å². The molecule has 2 rings (SSSR count). The van der Waals surface area contributed by atoms with Gasteiger partial charge in [0.25, 0.3) is 5.91 Å². The summed E-state index contributed by atoms with van der Waals surface area (Å²) in [5.41, 5.74) is 3.00. The number of carbonyl (C=O) groups is 2. The molecule has 0 aliphatic carbocycles. The van der Waals surface area contributed by atoms with E-state index in [4.69, 9.17) is 17.0 Å². The Hall–Kier alpha value is -2.45. The van der Waals surface area contributed by atoms with Gasteiger partial charge in [0, 0.05) is 18.8 Å². The third-order valence-electron chi connectivity index (χ3n) is 4.63. The fraction of sp³-hybridized carbons (Fsp3) is 0.381. The van der Waals surface area contributed by atoms with Gasteiger partial charge in [0.05, 0.1) is 17.6 Å². The first kappa shape index (κ1) is 22.8. The summed E-state index contributed by atoms with van der Waals surface area (Å²) in [7, 11) is 1.32. The molecule has 0 fully saturated rings. The summed E-state index contributed by atoms with van der Waals surface area (Å²) in [5.74, 6) is -0.611. The van der Waals surface area contributed by atoms with Crippen molar-refractivity contribution < 1.29 is 14.3 Å². The van der Waals surface area contributed by atoms with Crippen LogP contribution in [0.4, 0.5) is 10.7 Å². The Balaban J connectivity index is 2.29. The highest BCUT2D eigenvalue weighted by molar-refractivity contribution is 7.80. The van der Waals surface area contributed by atoms with E-state index in [0.717, 1.165) is 12.1 Å². The number of carbonyl (C=O) groups excluding carboxylic acids is 2. The smallest absolute Gasteiger partial charge is 0.341 e. The van der Waals surface area contributed by atoms with Crippen molar-refractivity contribution in [3.63, 3.8) is 0 Å². The quantitative estimate of drug-likeness (QED) is 0.487. The summed E-state index contributed by atoms with van der Waals surface area (Å²) < 4.78 is 4.93. The SMILES string of the molecule is CCc1ccc(NC(=S)Nc2sc(C(=O)N(CC)CC)c(C)c2C(=O)OC)cc1. The number of amides is 1. The first-order valence-electron chi connectivity index (χ1n) is 9.54. The van der Waals surface area contributed by atoms with Crippen molar-refractivity contribution >= 4 is 51.2 Å². The topological polar surface area (TPSA) is 70.7 Å². The van der Waals surface area contributed by atoms with Gasteiger partial charge in [-0.2, -0.15) is 0 Å². The number of benzene rings is 1. The van der Waals surface area contributed by atoms with Crippen LogP contribution in [0.3, 0.4) is 0 Å². The second-order valence-electron chi connectivity index (χ2n) is 6.36. The zero-order valence-electron chi connectivity index (χ0n) is 17.4. The van der Waals surface area contributed by atoms with Crippen LogP contribution < -0.4 is 10.6 Å². The van der Waals surface area contributed by atoms with E-state index < -0.39 is 5.97 Å². The number of hydrogen-bond donors (Lipinski definition) is 2. The summed E-state index contributed by atoms with van der Waals surface area (Å²) in [6.07, 6.45) is 0.962. The van der Waals surface area contributed by atoms with E-state index in [-0.39, 0.29) is 5.91 Å². The maximum Gasteiger partial charge on any atom is 0.341 e. The molecule has 2 N–H and O–H groups in total. The highest BCUT2D eigenvalue weighted by Crippen LogP contribution is 2.34. The molecule has 1 amide bonds. The number of rotatable bonds is 7. The van der Waals surface area contributed by atoms with Gasteiger partial charge in [0.2, 0.25) is 0 Å². The minimum Gasteiger partial charge on any atom is -0.465 e. The Morgan fingerprint density at radius 2 is 1.72 bits per heavy atom. The number of methoxy groups -OCH3 is 1. The average Bonchev–Trinajstić information content (AvgIpc) is 3.04. The number of nitrogens with one attached hydrogen (secondary N) is 2. The third-order valence-corrected chi connectivity index (χ3v) is 6.03. The number of aryl methyl sites for hydroxylation is 1. The number of nitrogens with zero attached hydrogens (tertiary/aromatic N) is 1. The molecule has 1 heterocycles. The van der Waals surface area contributed by atoms with Gasteiger partial charge in [-0.25, -0.2) is 4.79 Å². The number of ether oxygens (including phenoxy) is 1. The highest BCUT2D eigenvalue weighted by atomic mass is 32.1. The van der Waals surface area contributed by atoms with E-state index in [1.54, 1.807) is 11.8 Å². The molecule has 0 aliphatic heterocycles. The van der Waals surface area contributed by atoms with E-state index in [9.17, 15) is 9.59 Å². The number of thiocarbonyl (C=S) groups is 1. The Labute approximate surface area is 181 Å². The molecule has 0 radical (unpaired) electrons. The molecule has 156 valence electrons. The fourth-order valence-electron chi connectivity index (χ4n) is 2.90. The van der Waals surface area contributed by atoms with Crippen molar-refractivity contribution in [3.8, 4) is 0 Å². The van der Waals surface area contributed by atoms with Gasteiger partial charge in [0.15, 0.2) is 5.11 Å². The van der Waals surface area contributed by atoms with Gasteiger partial charge in [-0.3, -0.25) is 4.79 Å². The number of thiophene rings is 1. The Morgan fingerprint density at radius 3 is 2.24 bits per heavy atom. The molecule has 8 heteroatoms. The van der Waals surface area contributed by atoms with Crippen LogP contribution in [0.15, 0.2) is 24.3 Å². The van der Waals surface area contributed by atoms with Crippen LogP contribution >= 0.6 is 23.6 Å². The lowest BCUT2D eigenvalue weighted by atomic mass is 10.1. The predicted octanol–water partition coefficient (Wildman–Crippen LogP) is 4.70. The first-order valence-corrected chi connectivity index (χ1v) is 10.8. The summed E-state index contributed by atoms with van der Waals surface area (Å²) in [6.45, 7) is 8.89. The Kier molecular flexibility index (Phi) is 8.16. The average molecular weight is 434 g/mol. The monoisotopic (exact) mass is 433 g/mol. The molecule has 1 aromatic heterocycles. The maximum absolute atomic E-state index is 12.8. The summed E-state index contributed by atoms with van der Waals surface area (Å²) in [4.78, 5) is 27.4. The standard InChI is InChI=1S/C21H27N3O3S2/c1-6-14-9-11-15(12-10-14)22-21(28)23-18-16(20(26)27-5)13(4)17(29-18)19(25)24(7-2)8-3/h9-12H,6-8H2,1-5H3,(H2,22,23,28). The van der Waals surface area contributed by atoms with E-state index in [0.29, 0.717) is 39.2 Å². The van der Waals surface area contributed by atoms with Crippen LogP contribution in [0.5, 0.6) is 0 Å². The van der Waals surface area contributed by atoms with Gasteiger partial charge in [0.1, 0.15) is 5.00 Å². The normalized spacial score (nSPS) is 10.4. The van der Waals surface area contributed by atoms with Crippen molar-refractivity contribution in [2.45, 2.75) is 34.1 Å². The molecule has 1 aromatic carbocycles. The minimum atomic E-state index is -0.505. The van der Waals surface area contributed by atoms with Crippen molar-refractivity contribution in [2.75, 3.05) is 30.8 Å². The largest absolute Gasteiger partial charge is 0.465 e. The molecule has 0 bridgehead atoms. The van der Waals surface area contributed by atoms with E-state index >= 15 is 0 Å². The lowest BCUT2D eigenvalue weighted by molar-refractivity contribution is 0.0601. The number of anilines is 2. The van der Waals surface area contributed by atoms with Crippen LogP contribution in [0.1, 0.15) is 51.9 Å². The summed E-state index contributed by atoms with van der Waals surface area (Å²) in [5, 5.41) is 7.00. The van der Waals surface area contributed by atoms with Crippen LogP contribution in [0.25, 0.3) is 0 Å². The maximum atomic E-state index is 12.8. The van der Waals surface area contributed by atoms with Gasteiger partial charge >= 0.3 is 5.97 Å². The molecule has 0 spiro atoms. The second kappa shape index (κ2) is 10.4. The molecule has 29 heavy (non-hydrogen) atoms. The second-order valence-corrected chi connectivity index (χ2v) is 7.79. The minimum absolute atomic E-state index is 0.107. The molecule has 0 unspecified atom stereocenters. The molecule has 6 nitrogen and oxygen atoms in total. The van der Waals surface area contributed by atoms with Gasteiger partial charge in [-0.15, -0.1) is 11.3 Å². The van der Waals surface area contributed by atoms with Crippen LogP contribution in [0, 0.1) is 6.92 Å². The van der Waals surface area contributed by atoms with Crippen molar-refractivity contribution in [1.82, 2.24) is 4.90 Å². The zero-order chi connectivity index (χ0) is 21.6. The summed E-state index contributed by atoms with van der Waals surface area (Å²) in [6, 6.07) is 7.95. The van der Waals surface area contributed by atoms with Crippen molar-refractivity contribution in [3.05, 3.63) is 45.8 Å². The fourth-order valence-corrected chi connectivity index (χ4v) is 4.35. The van der Waals surface area contributed by atoms with Crippen molar-refractivity contribution in [1.29, 1.82) is 0 Å². The van der Waals surface area contributed by atoms with E-state index in [2.05, 4.69) is 17.6 Å². The van der Waals surface area contributed by atoms with E-state index in [1.165, 1.54) is 24.0 Å². The van der Waals surface area contributed by atoms with Crippen LogP contribution in [-0.4, -0.2) is 42.1 Å². The predicted molar refractivity (Wildman–Crippen MR) is 123 cm³/mol. The zero-order valence-corrected chi connectivity index (χ0v) is 19.1. The Morgan fingerprint density at radius 1 is 1.10 bits per heavy atom. The molecule has 0 saturated heterocycles. The molecular weight excluding hydrogens is 406 g/mol. The Bertz CT molecular complexity index is 887. The molecule has 2 aromatic rings. The molecule has 0 saturated carbocycles. The molecule has 0 aliphatic rings.